The van der Waals surface area contributed by atoms with E-state index in [9.17, 15) is 0 Å². The van der Waals surface area contributed by atoms with Crippen molar-refractivity contribution in [3.05, 3.63) is 41.1 Å². The van der Waals surface area contributed by atoms with Gasteiger partial charge in [-0.05, 0) is 47.1 Å². The zero-order chi connectivity index (χ0) is 16.7. The van der Waals surface area contributed by atoms with Gasteiger partial charge in [0.15, 0.2) is 0 Å². The monoisotopic (exact) mass is 297 g/mol. The van der Waals surface area contributed by atoms with Crippen molar-refractivity contribution in [2.75, 3.05) is 0 Å². The molecule has 0 radical (unpaired) electrons. The molecular weight excluding hydrogens is 266 g/mol. The van der Waals surface area contributed by atoms with Gasteiger partial charge >= 0.3 is 0 Å². The minimum Gasteiger partial charge on any atom is -0.252 e. The van der Waals surface area contributed by atoms with Gasteiger partial charge in [-0.15, -0.1) is 0 Å². The third-order valence-corrected chi connectivity index (χ3v) is 4.09. The van der Waals surface area contributed by atoms with Crippen LogP contribution in [0.5, 0.6) is 0 Å². The maximum absolute atomic E-state index is 4.94. The number of fused-ring (bicyclic) bond motifs is 1. The molecule has 0 saturated carbocycles. The van der Waals surface area contributed by atoms with Gasteiger partial charge in [-0.1, -0.05) is 61.5 Å². The number of hydrogen-bond donors (Lipinski definition) is 0. The van der Waals surface area contributed by atoms with E-state index >= 15 is 0 Å². The average Bonchev–Trinajstić information content (AvgIpc) is 2.34. The largest absolute Gasteiger partial charge is 0.252 e. The standard InChI is InChI=1S/C21H31N/c1-14(2)11-15-9-10-18-16(12-15)17(20(3,4)5)13-19(22-18)21(6,7)8/h9-10,12-14H,11H2,1-8H3. The Kier molecular flexibility index (Phi) is 4.39. The van der Waals surface area contributed by atoms with E-state index in [4.69, 9.17) is 4.98 Å². The van der Waals surface area contributed by atoms with Crippen molar-refractivity contribution in [3.63, 3.8) is 0 Å². The lowest BCUT2D eigenvalue weighted by Gasteiger charge is -2.26. The Hall–Kier alpha value is -1.37. The van der Waals surface area contributed by atoms with Crippen LogP contribution in [0.1, 0.15) is 72.2 Å². The third kappa shape index (κ3) is 3.69. The Bertz CT molecular complexity index is 667. The molecule has 0 atom stereocenters. The van der Waals surface area contributed by atoms with Crippen LogP contribution in [0.3, 0.4) is 0 Å². The first-order valence-corrected chi connectivity index (χ1v) is 8.43. The predicted molar refractivity (Wildman–Crippen MR) is 97.7 cm³/mol. The van der Waals surface area contributed by atoms with Crippen LogP contribution in [-0.4, -0.2) is 4.98 Å². The van der Waals surface area contributed by atoms with Gasteiger partial charge < -0.3 is 0 Å². The molecule has 0 N–H and O–H groups in total. The molecule has 0 unspecified atom stereocenters. The summed E-state index contributed by atoms with van der Waals surface area (Å²) in [4.78, 5) is 4.94. The van der Waals surface area contributed by atoms with Crippen molar-refractivity contribution in [3.8, 4) is 0 Å². The van der Waals surface area contributed by atoms with Crippen LogP contribution in [0.15, 0.2) is 24.3 Å². The van der Waals surface area contributed by atoms with Gasteiger partial charge in [0.05, 0.1) is 5.52 Å². The Balaban J connectivity index is 2.72. The van der Waals surface area contributed by atoms with Crippen LogP contribution in [-0.2, 0) is 17.3 Å². The third-order valence-electron chi connectivity index (χ3n) is 4.09. The molecule has 0 aliphatic heterocycles. The number of benzene rings is 1. The molecule has 22 heavy (non-hydrogen) atoms. The van der Waals surface area contributed by atoms with Crippen LogP contribution in [0.4, 0.5) is 0 Å². The molecule has 0 aliphatic rings. The van der Waals surface area contributed by atoms with E-state index in [1.165, 1.54) is 22.2 Å². The Morgan fingerprint density at radius 2 is 1.55 bits per heavy atom. The SMILES string of the molecule is CC(C)Cc1ccc2nc(C(C)(C)C)cc(C(C)(C)C)c2c1. The second-order valence-corrected chi connectivity index (χ2v) is 9.00. The summed E-state index contributed by atoms with van der Waals surface area (Å²) in [7, 11) is 0. The maximum atomic E-state index is 4.94. The van der Waals surface area contributed by atoms with Gasteiger partial charge in [-0.2, -0.15) is 0 Å². The fraction of sp³-hybridized carbons (Fsp3) is 0.571. The van der Waals surface area contributed by atoms with Gasteiger partial charge in [-0.25, -0.2) is 0 Å². The Labute approximate surface area is 136 Å². The molecule has 0 spiro atoms. The summed E-state index contributed by atoms with van der Waals surface area (Å²) in [5.74, 6) is 0.678. The number of rotatable bonds is 2. The molecule has 0 bridgehead atoms. The summed E-state index contributed by atoms with van der Waals surface area (Å²) in [5.41, 5.74) is 5.33. The van der Waals surface area contributed by atoms with E-state index in [0.717, 1.165) is 11.9 Å². The van der Waals surface area contributed by atoms with Crippen molar-refractivity contribution in [2.45, 2.75) is 72.6 Å². The van der Waals surface area contributed by atoms with Gasteiger partial charge in [0.25, 0.3) is 0 Å². The second kappa shape index (κ2) is 5.68. The van der Waals surface area contributed by atoms with E-state index in [1.807, 2.05) is 0 Å². The molecule has 1 nitrogen and oxygen atoms in total. The van der Waals surface area contributed by atoms with E-state index in [0.29, 0.717) is 5.92 Å². The van der Waals surface area contributed by atoms with Crippen molar-refractivity contribution >= 4 is 10.9 Å². The highest BCUT2D eigenvalue weighted by atomic mass is 14.7. The van der Waals surface area contributed by atoms with E-state index in [-0.39, 0.29) is 10.8 Å². The fourth-order valence-corrected chi connectivity index (χ4v) is 2.88. The van der Waals surface area contributed by atoms with Crippen molar-refractivity contribution in [2.24, 2.45) is 5.92 Å². The van der Waals surface area contributed by atoms with Crippen LogP contribution in [0, 0.1) is 5.92 Å². The zero-order valence-corrected chi connectivity index (χ0v) is 15.5. The van der Waals surface area contributed by atoms with Crippen LogP contribution < -0.4 is 0 Å². The first-order chi connectivity index (χ1) is 9.98. The number of hydrogen-bond acceptors (Lipinski definition) is 1. The number of nitrogens with zero attached hydrogens (tertiary/aromatic N) is 1. The highest BCUT2D eigenvalue weighted by molar-refractivity contribution is 5.84. The quantitative estimate of drug-likeness (QED) is 0.659. The summed E-state index contributed by atoms with van der Waals surface area (Å²) in [6, 6.07) is 9.13. The molecule has 120 valence electrons. The lowest BCUT2D eigenvalue weighted by molar-refractivity contribution is 0.558. The smallest absolute Gasteiger partial charge is 0.0708 e. The lowest BCUT2D eigenvalue weighted by Crippen LogP contribution is -2.18. The highest BCUT2D eigenvalue weighted by Crippen LogP contribution is 2.34. The van der Waals surface area contributed by atoms with E-state index < -0.39 is 0 Å². The van der Waals surface area contributed by atoms with Gasteiger partial charge in [0.2, 0.25) is 0 Å². The fourth-order valence-electron chi connectivity index (χ4n) is 2.88. The van der Waals surface area contributed by atoms with E-state index in [1.54, 1.807) is 0 Å². The molecule has 2 rings (SSSR count). The molecule has 1 aromatic heterocycles. The van der Waals surface area contributed by atoms with Crippen LogP contribution >= 0.6 is 0 Å². The van der Waals surface area contributed by atoms with Crippen molar-refractivity contribution < 1.29 is 0 Å². The molecule has 0 amide bonds. The molecule has 0 saturated heterocycles. The van der Waals surface area contributed by atoms with Crippen molar-refractivity contribution in [1.82, 2.24) is 4.98 Å². The second-order valence-electron chi connectivity index (χ2n) is 9.00. The molecular formula is C21H31N. The first kappa shape index (κ1) is 17.0. The highest BCUT2D eigenvalue weighted by Gasteiger charge is 2.23. The molecule has 1 heteroatoms. The summed E-state index contributed by atoms with van der Waals surface area (Å²) in [6.07, 6.45) is 1.13. The van der Waals surface area contributed by atoms with Crippen molar-refractivity contribution in [1.29, 1.82) is 0 Å². The number of aromatic nitrogens is 1. The summed E-state index contributed by atoms with van der Waals surface area (Å²) < 4.78 is 0. The molecule has 0 fully saturated rings. The summed E-state index contributed by atoms with van der Waals surface area (Å²) in [6.45, 7) is 18.1. The molecule has 1 heterocycles. The zero-order valence-electron chi connectivity index (χ0n) is 15.5. The minimum absolute atomic E-state index is 0.0742. The summed E-state index contributed by atoms with van der Waals surface area (Å²) in [5, 5.41) is 1.32. The lowest BCUT2D eigenvalue weighted by atomic mass is 9.81. The molecule has 1 aromatic carbocycles. The predicted octanol–water partition coefficient (Wildman–Crippen LogP) is 6.03. The van der Waals surface area contributed by atoms with Gasteiger partial charge in [0.1, 0.15) is 0 Å². The Morgan fingerprint density at radius 3 is 2.05 bits per heavy atom. The normalized spacial score (nSPS) is 13.1. The minimum atomic E-state index is 0.0742. The molecule has 0 aliphatic carbocycles. The van der Waals surface area contributed by atoms with Gasteiger partial charge in [-0.3, -0.25) is 4.98 Å². The van der Waals surface area contributed by atoms with Crippen LogP contribution in [0.25, 0.3) is 10.9 Å². The van der Waals surface area contributed by atoms with E-state index in [2.05, 4.69) is 79.7 Å². The maximum Gasteiger partial charge on any atom is 0.0708 e. The van der Waals surface area contributed by atoms with Crippen LogP contribution in [0.2, 0.25) is 0 Å². The van der Waals surface area contributed by atoms with Gasteiger partial charge in [0, 0.05) is 16.5 Å². The topological polar surface area (TPSA) is 12.9 Å². The number of pyridine rings is 1. The average molecular weight is 297 g/mol. The molecule has 2 aromatic rings. The Morgan fingerprint density at radius 1 is 0.909 bits per heavy atom. The summed E-state index contributed by atoms with van der Waals surface area (Å²) >= 11 is 0. The first-order valence-electron chi connectivity index (χ1n) is 8.43.